The molecule has 2 heterocycles. The Balaban J connectivity index is 0.00000128. The van der Waals surface area contributed by atoms with E-state index >= 15 is 0 Å². The summed E-state index contributed by atoms with van der Waals surface area (Å²) < 4.78 is 10.7. The van der Waals surface area contributed by atoms with Crippen LogP contribution in [0.4, 0.5) is 0 Å². The summed E-state index contributed by atoms with van der Waals surface area (Å²) in [4.78, 5) is 11.6. The fourth-order valence-corrected chi connectivity index (χ4v) is 1.90. The highest BCUT2D eigenvalue weighted by atomic mass is 35.5. The van der Waals surface area contributed by atoms with Gasteiger partial charge in [0.15, 0.2) is 0 Å². The number of halogens is 1. The lowest BCUT2D eigenvalue weighted by Gasteiger charge is -2.23. The smallest absolute Gasteiger partial charge is 0.237 e. The molecule has 2 fully saturated rings. The van der Waals surface area contributed by atoms with Crippen LogP contribution < -0.4 is 10.6 Å². The first-order valence-corrected chi connectivity index (χ1v) is 5.57. The number of carbonyl (C=O) groups excluding carboxylic acids is 1. The maximum atomic E-state index is 11.6. The number of hydrogen-bond acceptors (Lipinski definition) is 4. The van der Waals surface area contributed by atoms with Crippen molar-refractivity contribution in [2.45, 2.75) is 25.0 Å². The van der Waals surface area contributed by atoms with Gasteiger partial charge in [0.1, 0.15) is 0 Å². The monoisotopic (exact) mass is 250 g/mol. The van der Waals surface area contributed by atoms with E-state index in [0.717, 1.165) is 19.4 Å². The largest absolute Gasteiger partial charge is 0.376 e. The lowest BCUT2D eigenvalue weighted by atomic mass is 10.2. The molecule has 0 saturated carbocycles. The zero-order valence-corrected chi connectivity index (χ0v) is 10.1. The number of hydrogen-bond donors (Lipinski definition) is 2. The first-order chi connectivity index (χ1) is 7.36. The van der Waals surface area contributed by atoms with Crippen molar-refractivity contribution in [2.75, 3.05) is 32.9 Å². The summed E-state index contributed by atoms with van der Waals surface area (Å²) in [5, 5.41) is 6.05. The summed E-state index contributed by atoms with van der Waals surface area (Å²) >= 11 is 0. The molecule has 2 aliphatic rings. The van der Waals surface area contributed by atoms with Gasteiger partial charge in [-0.3, -0.25) is 4.79 Å². The molecule has 0 aliphatic carbocycles. The molecule has 0 aromatic heterocycles. The predicted octanol–water partition coefficient (Wildman–Crippen LogP) is -0.308. The highest BCUT2D eigenvalue weighted by Gasteiger charge is 2.23. The molecule has 5 nitrogen and oxygen atoms in total. The van der Waals surface area contributed by atoms with Crippen LogP contribution in [-0.2, 0) is 14.3 Å². The van der Waals surface area contributed by atoms with Gasteiger partial charge in [-0.05, 0) is 19.4 Å². The van der Waals surface area contributed by atoms with E-state index in [2.05, 4.69) is 10.6 Å². The minimum Gasteiger partial charge on any atom is -0.376 e. The van der Waals surface area contributed by atoms with Crippen molar-refractivity contribution in [1.29, 1.82) is 0 Å². The van der Waals surface area contributed by atoms with Gasteiger partial charge in [-0.1, -0.05) is 0 Å². The topological polar surface area (TPSA) is 59.6 Å². The second-order valence-electron chi connectivity index (χ2n) is 3.96. The molecule has 94 valence electrons. The molecule has 2 aliphatic heterocycles. The maximum absolute atomic E-state index is 11.6. The van der Waals surface area contributed by atoms with Gasteiger partial charge in [0.25, 0.3) is 0 Å². The molecule has 0 aromatic carbocycles. The first kappa shape index (κ1) is 13.7. The second kappa shape index (κ2) is 7.06. The number of ether oxygens (including phenoxy) is 2. The Labute approximate surface area is 102 Å². The molecule has 2 atom stereocenters. The van der Waals surface area contributed by atoms with Gasteiger partial charge in [0.05, 0.1) is 32.0 Å². The van der Waals surface area contributed by atoms with Crippen molar-refractivity contribution < 1.29 is 14.3 Å². The summed E-state index contributed by atoms with van der Waals surface area (Å²) in [6.45, 7) is 3.37. The van der Waals surface area contributed by atoms with Crippen LogP contribution in [0.1, 0.15) is 12.8 Å². The van der Waals surface area contributed by atoms with Crippen molar-refractivity contribution >= 4 is 18.3 Å². The average molecular weight is 251 g/mol. The van der Waals surface area contributed by atoms with E-state index in [-0.39, 0.29) is 30.5 Å². The van der Waals surface area contributed by atoms with E-state index in [0.29, 0.717) is 26.4 Å². The zero-order chi connectivity index (χ0) is 10.5. The van der Waals surface area contributed by atoms with E-state index in [4.69, 9.17) is 9.47 Å². The standard InChI is InChI=1S/C10H18N2O3.ClH/c13-10(9-2-1-3-11-9)12-6-8-7-14-4-5-15-8;/h8-9,11H,1-7H2,(H,12,13);1H/t8?,9-;/m0./s1. The fourth-order valence-electron chi connectivity index (χ4n) is 1.90. The Morgan fingerprint density at radius 1 is 1.44 bits per heavy atom. The summed E-state index contributed by atoms with van der Waals surface area (Å²) in [5.41, 5.74) is 0. The fraction of sp³-hybridized carbons (Fsp3) is 0.900. The van der Waals surface area contributed by atoms with Crippen LogP contribution in [0.3, 0.4) is 0 Å². The number of nitrogens with one attached hydrogen (secondary N) is 2. The highest BCUT2D eigenvalue weighted by molar-refractivity contribution is 5.85. The number of carbonyl (C=O) groups is 1. The van der Waals surface area contributed by atoms with E-state index in [9.17, 15) is 4.79 Å². The predicted molar refractivity (Wildman–Crippen MR) is 61.8 cm³/mol. The molecule has 6 heteroatoms. The quantitative estimate of drug-likeness (QED) is 0.722. The summed E-state index contributed by atoms with van der Waals surface area (Å²) in [7, 11) is 0. The van der Waals surface area contributed by atoms with Crippen molar-refractivity contribution in [1.82, 2.24) is 10.6 Å². The lowest BCUT2D eigenvalue weighted by Crippen LogP contribution is -2.45. The molecule has 0 aromatic rings. The molecule has 2 saturated heterocycles. The highest BCUT2D eigenvalue weighted by Crippen LogP contribution is 2.05. The van der Waals surface area contributed by atoms with Gasteiger partial charge in [0, 0.05) is 6.54 Å². The Kier molecular flexibility index (Phi) is 6.05. The molecule has 2 N–H and O–H groups in total. The molecular formula is C10H19ClN2O3. The molecule has 0 spiro atoms. The van der Waals surface area contributed by atoms with Crippen LogP contribution in [0.25, 0.3) is 0 Å². The van der Waals surface area contributed by atoms with Crippen LogP contribution >= 0.6 is 12.4 Å². The lowest BCUT2D eigenvalue weighted by molar-refractivity contribution is -0.125. The van der Waals surface area contributed by atoms with Gasteiger partial charge in [-0.2, -0.15) is 0 Å². The van der Waals surface area contributed by atoms with Crippen LogP contribution in [0.5, 0.6) is 0 Å². The van der Waals surface area contributed by atoms with E-state index in [1.165, 1.54) is 0 Å². The van der Waals surface area contributed by atoms with Gasteiger partial charge < -0.3 is 20.1 Å². The van der Waals surface area contributed by atoms with E-state index in [1.54, 1.807) is 0 Å². The zero-order valence-electron chi connectivity index (χ0n) is 9.24. The second-order valence-corrected chi connectivity index (χ2v) is 3.96. The Bertz CT molecular complexity index is 216. The summed E-state index contributed by atoms with van der Waals surface area (Å²) in [6.07, 6.45) is 2.04. The Morgan fingerprint density at radius 3 is 2.94 bits per heavy atom. The summed E-state index contributed by atoms with van der Waals surface area (Å²) in [6, 6.07) is -0.00508. The van der Waals surface area contributed by atoms with Crippen molar-refractivity contribution in [3.63, 3.8) is 0 Å². The van der Waals surface area contributed by atoms with Crippen molar-refractivity contribution in [3.05, 3.63) is 0 Å². The molecular weight excluding hydrogens is 232 g/mol. The Morgan fingerprint density at radius 2 is 2.31 bits per heavy atom. The Hall–Kier alpha value is -0.360. The molecule has 2 rings (SSSR count). The number of amides is 1. The van der Waals surface area contributed by atoms with Crippen LogP contribution in [0.15, 0.2) is 0 Å². The molecule has 16 heavy (non-hydrogen) atoms. The van der Waals surface area contributed by atoms with E-state index in [1.807, 2.05) is 0 Å². The van der Waals surface area contributed by atoms with Crippen LogP contribution in [0, 0.1) is 0 Å². The number of rotatable bonds is 3. The summed E-state index contributed by atoms with van der Waals surface area (Å²) in [5.74, 6) is 0.0849. The molecule has 1 unspecified atom stereocenters. The minimum absolute atomic E-state index is 0. The van der Waals surface area contributed by atoms with Gasteiger partial charge in [-0.15, -0.1) is 12.4 Å². The van der Waals surface area contributed by atoms with Gasteiger partial charge in [0.2, 0.25) is 5.91 Å². The van der Waals surface area contributed by atoms with Crippen LogP contribution in [-0.4, -0.2) is 51.0 Å². The first-order valence-electron chi connectivity index (χ1n) is 5.57. The normalized spacial score (nSPS) is 29.5. The molecule has 1 amide bonds. The SMILES string of the molecule is Cl.O=C(NCC1COCCO1)[C@@H]1CCCN1. The van der Waals surface area contributed by atoms with E-state index < -0.39 is 0 Å². The van der Waals surface area contributed by atoms with Gasteiger partial charge in [-0.25, -0.2) is 0 Å². The molecule has 0 radical (unpaired) electrons. The maximum Gasteiger partial charge on any atom is 0.237 e. The van der Waals surface area contributed by atoms with Crippen LogP contribution in [0.2, 0.25) is 0 Å². The third-order valence-corrected chi connectivity index (χ3v) is 2.77. The molecule has 0 bridgehead atoms. The third kappa shape index (κ3) is 3.90. The van der Waals surface area contributed by atoms with Crippen molar-refractivity contribution in [2.24, 2.45) is 0 Å². The third-order valence-electron chi connectivity index (χ3n) is 2.77. The average Bonchev–Trinajstić information content (AvgIpc) is 2.81. The van der Waals surface area contributed by atoms with Crippen molar-refractivity contribution in [3.8, 4) is 0 Å². The minimum atomic E-state index is -0.00508. The van der Waals surface area contributed by atoms with Gasteiger partial charge >= 0.3 is 0 Å².